The Labute approximate surface area is 99.6 Å². The minimum absolute atomic E-state index is 0.0421. The van der Waals surface area contributed by atoms with Crippen LogP contribution >= 0.6 is 0 Å². The molecule has 0 saturated carbocycles. The molecule has 1 N–H and O–H groups in total. The van der Waals surface area contributed by atoms with E-state index < -0.39 is 0 Å². The van der Waals surface area contributed by atoms with E-state index >= 15 is 0 Å². The van der Waals surface area contributed by atoms with Crippen LogP contribution in [0, 0.1) is 18.2 Å². The van der Waals surface area contributed by atoms with Crippen LogP contribution in [-0.2, 0) is 0 Å². The Bertz CT molecular complexity index is 474. The van der Waals surface area contributed by atoms with E-state index in [0.717, 1.165) is 26.2 Å². The van der Waals surface area contributed by atoms with Crippen LogP contribution in [0.15, 0.2) is 18.2 Å². The van der Waals surface area contributed by atoms with Crippen molar-refractivity contribution in [1.29, 1.82) is 0 Å². The third-order valence-corrected chi connectivity index (χ3v) is 3.84. The molecule has 90 valence electrons. The Kier molecular flexibility index (Phi) is 2.23. The molecule has 0 unspecified atom stereocenters. The van der Waals surface area contributed by atoms with Gasteiger partial charge in [0.25, 0.3) is 5.91 Å². The van der Waals surface area contributed by atoms with Gasteiger partial charge in [0.2, 0.25) is 0 Å². The van der Waals surface area contributed by atoms with Gasteiger partial charge in [-0.1, -0.05) is 6.07 Å². The Balaban J connectivity index is 1.76. The molecule has 2 saturated heterocycles. The van der Waals surface area contributed by atoms with Gasteiger partial charge in [-0.2, -0.15) is 0 Å². The standard InChI is InChI=1S/C13H15FN2O/c1-9-10(3-2-4-11(9)14)12(17)16-7-13(8-16)5-15-6-13/h2-4,15H,5-8H2,1H3. The maximum Gasteiger partial charge on any atom is 0.254 e. The number of carbonyl (C=O) groups excluding carboxylic acids is 1. The summed E-state index contributed by atoms with van der Waals surface area (Å²) in [5, 5.41) is 3.23. The summed E-state index contributed by atoms with van der Waals surface area (Å²) in [5.41, 5.74) is 1.26. The first-order valence-electron chi connectivity index (χ1n) is 5.86. The van der Waals surface area contributed by atoms with Crippen LogP contribution in [0.3, 0.4) is 0 Å². The molecule has 1 spiro atoms. The van der Waals surface area contributed by atoms with Crippen LogP contribution in [0.1, 0.15) is 15.9 Å². The molecule has 2 fully saturated rings. The number of amides is 1. The van der Waals surface area contributed by atoms with Crippen molar-refractivity contribution in [2.45, 2.75) is 6.92 Å². The van der Waals surface area contributed by atoms with Gasteiger partial charge in [0, 0.05) is 37.2 Å². The number of hydrogen-bond acceptors (Lipinski definition) is 2. The molecule has 1 aromatic rings. The molecule has 4 heteroatoms. The summed E-state index contributed by atoms with van der Waals surface area (Å²) in [6.45, 7) is 5.25. The van der Waals surface area contributed by atoms with E-state index in [2.05, 4.69) is 5.32 Å². The van der Waals surface area contributed by atoms with E-state index in [1.165, 1.54) is 6.07 Å². The number of halogens is 1. The smallest absolute Gasteiger partial charge is 0.254 e. The van der Waals surface area contributed by atoms with Crippen LogP contribution in [0.2, 0.25) is 0 Å². The number of nitrogens with one attached hydrogen (secondary N) is 1. The summed E-state index contributed by atoms with van der Waals surface area (Å²) < 4.78 is 13.4. The lowest BCUT2D eigenvalue weighted by molar-refractivity contribution is -0.0249. The fraction of sp³-hybridized carbons (Fsp3) is 0.462. The average molecular weight is 234 g/mol. The largest absolute Gasteiger partial charge is 0.337 e. The van der Waals surface area contributed by atoms with E-state index in [0.29, 0.717) is 16.5 Å². The van der Waals surface area contributed by atoms with Crippen molar-refractivity contribution >= 4 is 5.91 Å². The number of rotatable bonds is 1. The molecule has 0 bridgehead atoms. The molecule has 2 aliphatic heterocycles. The van der Waals surface area contributed by atoms with Gasteiger partial charge >= 0.3 is 0 Å². The molecular formula is C13H15FN2O. The number of benzene rings is 1. The van der Waals surface area contributed by atoms with Crippen molar-refractivity contribution in [1.82, 2.24) is 10.2 Å². The fourth-order valence-corrected chi connectivity index (χ4v) is 2.62. The maximum atomic E-state index is 13.4. The van der Waals surface area contributed by atoms with E-state index in [9.17, 15) is 9.18 Å². The molecule has 0 atom stereocenters. The van der Waals surface area contributed by atoms with Crippen molar-refractivity contribution in [3.8, 4) is 0 Å². The minimum atomic E-state index is -0.309. The first-order valence-corrected chi connectivity index (χ1v) is 5.86. The first-order chi connectivity index (χ1) is 8.11. The first kappa shape index (κ1) is 10.7. The molecule has 17 heavy (non-hydrogen) atoms. The summed E-state index contributed by atoms with van der Waals surface area (Å²) in [5.74, 6) is -0.351. The van der Waals surface area contributed by atoms with Gasteiger partial charge in [-0.15, -0.1) is 0 Å². The Morgan fingerprint density at radius 1 is 1.41 bits per heavy atom. The number of nitrogens with zero attached hydrogens (tertiary/aromatic N) is 1. The highest BCUT2D eigenvalue weighted by atomic mass is 19.1. The molecule has 3 nitrogen and oxygen atoms in total. The van der Waals surface area contributed by atoms with Gasteiger partial charge in [-0.05, 0) is 24.6 Å². The molecule has 1 aromatic carbocycles. The lowest BCUT2D eigenvalue weighted by Crippen LogP contribution is -2.71. The van der Waals surface area contributed by atoms with Gasteiger partial charge in [0.15, 0.2) is 0 Å². The second kappa shape index (κ2) is 3.53. The Morgan fingerprint density at radius 2 is 2.12 bits per heavy atom. The highest BCUT2D eigenvalue weighted by molar-refractivity contribution is 5.96. The van der Waals surface area contributed by atoms with Gasteiger partial charge in [-0.25, -0.2) is 4.39 Å². The van der Waals surface area contributed by atoms with Gasteiger partial charge in [0.05, 0.1) is 0 Å². The number of carbonyl (C=O) groups is 1. The van der Waals surface area contributed by atoms with E-state index in [1.807, 2.05) is 4.90 Å². The second-order valence-corrected chi connectivity index (χ2v) is 5.18. The van der Waals surface area contributed by atoms with E-state index in [1.54, 1.807) is 19.1 Å². The Hall–Kier alpha value is -1.42. The van der Waals surface area contributed by atoms with E-state index in [-0.39, 0.29) is 11.7 Å². The molecule has 2 heterocycles. The zero-order chi connectivity index (χ0) is 12.0. The van der Waals surface area contributed by atoms with Gasteiger partial charge in [0.1, 0.15) is 5.82 Å². The second-order valence-electron chi connectivity index (χ2n) is 5.18. The molecular weight excluding hydrogens is 219 g/mol. The van der Waals surface area contributed by atoms with Crippen LogP contribution in [0.4, 0.5) is 4.39 Å². The highest BCUT2D eigenvalue weighted by Gasteiger charge is 2.49. The predicted molar refractivity (Wildman–Crippen MR) is 62.3 cm³/mol. The summed E-state index contributed by atoms with van der Waals surface area (Å²) in [4.78, 5) is 14.0. The molecule has 1 amide bonds. The zero-order valence-corrected chi connectivity index (χ0v) is 9.79. The monoisotopic (exact) mass is 234 g/mol. The zero-order valence-electron chi connectivity index (χ0n) is 9.79. The molecule has 2 aliphatic rings. The lowest BCUT2D eigenvalue weighted by Gasteiger charge is -2.56. The van der Waals surface area contributed by atoms with Crippen LogP contribution in [0.25, 0.3) is 0 Å². The van der Waals surface area contributed by atoms with Crippen LogP contribution in [-0.4, -0.2) is 37.0 Å². The SMILES string of the molecule is Cc1c(F)cccc1C(=O)N1CC2(CNC2)C1. The quantitative estimate of drug-likeness (QED) is 0.791. The topological polar surface area (TPSA) is 32.3 Å². The van der Waals surface area contributed by atoms with Crippen molar-refractivity contribution in [2.75, 3.05) is 26.2 Å². The van der Waals surface area contributed by atoms with Crippen molar-refractivity contribution in [3.05, 3.63) is 35.1 Å². The van der Waals surface area contributed by atoms with Gasteiger partial charge < -0.3 is 10.2 Å². The Morgan fingerprint density at radius 3 is 2.71 bits per heavy atom. The maximum absolute atomic E-state index is 13.4. The normalized spacial score (nSPS) is 20.9. The predicted octanol–water partition coefficient (Wildman–Crippen LogP) is 1.18. The van der Waals surface area contributed by atoms with Crippen molar-refractivity contribution in [3.63, 3.8) is 0 Å². The summed E-state index contributed by atoms with van der Waals surface area (Å²) in [7, 11) is 0. The number of hydrogen-bond donors (Lipinski definition) is 1. The summed E-state index contributed by atoms with van der Waals surface area (Å²) in [6, 6.07) is 4.68. The van der Waals surface area contributed by atoms with Crippen molar-refractivity contribution in [2.24, 2.45) is 5.41 Å². The highest BCUT2D eigenvalue weighted by Crippen LogP contribution is 2.35. The molecule has 0 aliphatic carbocycles. The summed E-state index contributed by atoms with van der Waals surface area (Å²) in [6.07, 6.45) is 0. The average Bonchev–Trinajstić information content (AvgIpc) is 2.17. The van der Waals surface area contributed by atoms with Crippen molar-refractivity contribution < 1.29 is 9.18 Å². The molecule has 0 radical (unpaired) electrons. The third-order valence-electron chi connectivity index (χ3n) is 3.84. The summed E-state index contributed by atoms with van der Waals surface area (Å²) >= 11 is 0. The van der Waals surface area contributed by atoms with Crippen LogP contribution < -0.4 is 5.32 Å². The molecule has 0 aromatic heterocycles. The lowest BCUT2D eigenvalue weighted by atomic mass is 9.74. The fourth-order valence-electron chi connectivity index (χ4n) is 2.62. The minimum Gasteiger partial charge on any atom is -0.337 e. The van der Waals surface area contributed by atoms with E-state index in [4.69, 9.17) is 0 Å². The third kappa shape index (κ3) is 1.55. The number of likely N-dealkylation sites (tertiary alicyclic amines) is 1. The van der Waals surface area contributed by atoms with Crippen LogP contribution in [0.5, 0.6) is 0 Å². The van der Waals surface area contributed by atoms with Gasteiger partial charge in [-0.3, -0.25) is 4.79 Å². The molecule has 3 rings (SSSR count).